The average Bonchev–Trinajstić information content (AvgIpc) is 2.43. The molecule has 0 bridgehead atoms. The molecule has 0 aliphatic heterocycles. The van der Waals surface area contributed by atoms with E-state index < -0.39 is 0 Å². The quantitative estimate of drug-likeness (QED) is 0.634. The minimum Gasteiger partial charge on any atom is -0.491 e. The van der Waals surface area contributed by atoms with Gasteiger partial charge in [0.2, 0.25) is 0 Å². The van der Waals surface area contributed by atoms with Crippen molar-refractivity contribution in [2.45, 2.75) is 6.42 Å². The van der Waals surface area contributed by atoms with Crippen molar-refractivity contribution in [3.63, 3.8) is 0 Å². The Morgan fingerprint density at radius 2 is 1.50 bits per heavy atom. The van der Waals surface area contributed by atoms with Crippen molar-refractivity contribution in [3.05, 3.63) is 52.5 Å². The number of ether oxygens (including phenoxy) is 2. The van der Waals surface area contributed by atoms with Crippen molar-refractivity contribution < 1.29 is 9.47 Å². The molecule has 0 heterocycles. The zero-order valence-electron chi connectivity index (χ0n) is 10.8. The first kappa shape index (κ1) is 14.8. The summed E-state index contributed by atoms with van der Waals surface area (Å²) >= 11 is 12.0. The van der Waals surface area contributed by atoms with Gasteiger partial charge >= 0.3 is 0 Å². The number of nitrogens with two attached hydrogens (primary N) is 1. The lowest BCUT2D eigenvalue weighted by molar-refractivity contribution is 0.248. The van der Waals surface area contributed by atoms with E-state index in [0.29, 0.717) is 46.9 Å². The molecule has 0 fully saturated rings. The molecule has 0 aliphatic carbocycles. The van der Waals surface area contributed by atoms with Gasteiger partial charge in [-0.2, -0.15) is 0 Å². The molecule has 3 nitrogen and oxygen atoms in total. The second-order valence-corrected chi connectivity index (χ2v) is 4.95. The molecule has 0 spiro atoms. The van der Waals surface area contributed by atoms with Crippen LogP contribution in [0.2, 0.25) is 10.0 Å². The van der Waals surface area contributed by atoms with Crippen molar-refractivity contribution >= 4 is 28.9 Å². The predicted molar refractivity (Wildman–Crippen MR) is 82.9 cm³/mol. The summed E-state index contributed by atoms with van der Waals surface area (Å²) in [6.07, 6.45) is 0.704. The van der Waals surface area contributed by atoms with Crippen LogP contribution in [0.4, 0.5) is 5.69 Å². The predicted octanol–water partition coefficient (Wildman–Crippen LogP) is 4.42. The van der Waals surface area contributed by atoms with E-state index >= 15 is 0 Å². The van der Waals surface area contributed by atoms with E-state index in [0.717, 1.165) is 0 Å². The molecule has 2 aromatic carbocycles. The lowest BCUT2D eigenvalue weighted by Crippen LogP contribution is -2.06. The normalized spacial score (nSPS) is 10.3. The topological polar surface area (TPSA) is 44.5 Å². The third-order valence-corrected chi connectivity index (χ3v) is 3.23. The molecule has 20 heavy (non-hydrogen) atoms. The maximum absolute atomic E-state index is 6.00. The first-order chi connectivity index (χ1) is 9.68. The molecular formula is C15H15Cl2NO2. The third kappa shape index (κ3) is 3.95. The molecule has 0 radical (unpaired) electrons. The maximum atomic E-state index is 6.00. The number of anilines is 1. The summed E-state index contributed by atoms with van der Waals surface area (Å²) in [7, 11) is 0. The summed E-state index contributed by atoms with van der Waals surface area (Å²) in [5.41, 5.74) is 6.40. The van der Waals surface area contributed by atoms with Gasteiger partial charge in [0.15, 0.2) is 5.75 Å². The van der Waals surface area contributed by atoms with Gasteiger partial charge in [0.25, 0.3) is 0 Å². The molecule has 0 saturated heterocycles. The number of halogens is 2. The molecule has 0 aliphatic rings. The van der Waals surface area contributed by atoms with E-state index in [1.807, 2.05) is 18.2 Å². The van der Waals surface area contributed by atoms with Crippen LogP contribution in [0.25, 0.3) is 0 Å². The van der Waals surface area contributed by atoms with E-state index in [-0.39, 0.29) is 0 Å². The van der Waals surface area contributed by atoms with Crippen LogP contribution < -0.4 is 15.2 Å². The van der Waals surface area contributed by atoms with Gasteiger partial charge in [0.1, 0.15) is 5.75 Å². The Balaban J connectivity index is 1.76. The molecule has 2 aromatic rings. The Morgan fingerprint density at radius 3 is 2.20 bits per heavy atom. The fourth-order valence-corrected chi connectivity index (χ4v) is 2.15. The molecule has 0 aromatic heterocycles. The highest BCUT2D eigenvalue weighted by Gasteiger charge is 2.06. The lowest BCUT2D eigenvalue weighted by Gasteiger charge is -2.11. The number of hydrogen-bond donors (Lipinski definition) is 1. The average molecular weight is 312 g/mol. The molecule has 0 atom stereocenters. The summed E-state index contributed by atoms with van der Waals surface area (Å²) in [5, 5.41) is 1.01. The molecule has 0 saturated carbocycles. The largest absolute Gasteiger partial charge is 0.491 e. The molecule has 5 heteroatoms. The van der Waals surface area contributed by atoms with E-state index in [4.69, 9.17) is 38.4 Å². The van der Waals surface area contributed by atoms with E-state index in [1.54, 1.807) is 24.3 Å². The van der Waals surface area contributed by atoms with Gasteiger partial charge < -0.3 is 15.2 Å². The van der Waals surface area contributed by atoms with Gasteiger partial charge in [-0.25, -0.2) is 0 Å². The second-order valence-electron chi connectivity index (χ2n) is 4.14. The lowest BCUT2D eigenvalue weighted by atomic mass is 10.3. The van der Waals surface area contributed by atoms with Gasteiger partial charge in [0, 0.05) is 6.42 Å². The van der Waals surface area contributed by atoms with Crippen LogP contribution >= 0.6 is 23.2 Å². The van der Waals surface area contributed by atoms with Crippen LogP contribution in [0.15, 0.2) is 42.5 Å². The second kappa shape index (κ2) is 7.27. The van der Waals surface area contributed by atoms with Crippen molar-refractivity contribution in [2.75, 3.05) is 18.9 Å². The molecule has 2 rings (SSSR count). The van der Waals surface area contributed by atoms with Crippen molar-refractivity contribution in [1.29, 1.82) is 0 Å². The molecule has 0 amide bonds. The van der Waals surface area contributed by atoms with Crippen molar-refractivity contribution in [1.82, 2.24) is 0 Å². The summed E-state index contributed by atoms with van der Waals surface area (Å²) in [6, 6.07) is 12.6. The highest BCUT2D eigenvalue weighted by Crippen LogP contribution is 2.32. The fourth-order valence-electron chi connectivity index (χ4n) is 1.65. The zero-order valence-corrected chi connectivity index (χ0v) is 12.3. The Hall–Kier alpha value is -1.58. The monoisotopic (exact) mass is 311 g/mol. The number of benzene rings is 2. The maximum Gasteiger partial charge on any atom is 0.156 e. The van der Waals surface area contributed by atoms with Crippen LogP contribution in [-0.4, -0.2) is 13.2 Å². The zero-order chi connectivity index (χ0) is 14.4. The van der Waals surface area contributed by atoms with Crippen molar-refractivity contribution in [2.24, 2.45) is 0 Å². The van der Waals surface area contributed by atoms with Gasteiger partial charge in [0.05, 0.1) is 28.9 Å². The van der Waals surface area contributed by atoms with Crippen molar-refractivity contribution in [3.8, 4) is 11.5 Å². The first-order valence-corrected chi connectivity index (χ1v) is 6.98. The Kier molecular flexibility index (Phi) is 5.39. The fraction of sp³-hybridized carbons (Fsp3) is 0.200. The number of para-hydroxylation sites is 3. The SMILES string of the molecule is Nc1ccccc1OCCCOc1c(Cl)cccc1Cl. The molecule has 0 unspecified atom stereocenters. The summed E-state index contributed by atoms with van der Waals surface area (Å²) in [5.74, 6) is 1.19. The first-order valence-electron chi connectivity index (χ1n) is 6.22. The minimum absolute atomic E-state index is 0.468. The van der Waals surface area contributed by atoms with E-state index in [9.17, 15) is 0 Å². The van der Waals surface area contributed by atoms with E-state index in [2.05, 4.69) is 0 Å². The number of hydrogen-bond acceptors (Lipinski definition) is 3. The van der Waals surface area contributed by atoms with Gasteiger partial charge in [-0.05, 0) is 24.3 Å². The van der Waals surface area contributed by atoms with Crippen LogP contribution in [-0.2, 0) is 0 Å². The van der Waals surface area contributed by atoms with Crippen LogP contribution in [0.5, 0.6) is 11.5 Å². The summed E-state index contributed by atoms with van der Waals surface area (Å²) in [4.78, 5) is 0. The summed E-state index contributed by atoms with van der Waals surface area (Å²) < 4.78 is 11.1. The van der Waals surface area contributed by atoms with Gasteiger partial charge in [-0.3, -0.25) is 0 Å². The molecule has 106 valence electrons. The van der Waals surface area contributed by atoms with Crippen LogP contribution in [0.1, 0.15) is 6.42 Å². The number of rotatable bonds is 6. The standard InChI is InChI=1S/C15H15Cl2NO2/c16-11-5-3-6-12(17)15(11)20-10-4-9-19-14-8-2-1-7-13(14)18/h1-3,5-8H,4,9-10,18H2. The van der Waals surface area contributed by atoms with E-state index in [1.165, 1.54) is 0 Å². The molecular weight excluding hydrogens is 297 g/mol. The summed E-state index contributed by atoms with van der Waals surface area (Å²) in [6.45, 7) is 0.979. The highest BCUT2D eigenvalue weighted by atomic mass is 35.5. The minimum atomic E-state index is 0.468. The third-order valence-electron chi connectivity index (χ3n) is 2.63. The van der Waals surface area contributed by atoms with Crippen LogP contribution in [0, 0.1) is 0 Å². The Morgan fingerprint density at radius 1 is 0.850 bits per heavy atom. The smallest absolute Gasteiger partial charge is 0.156 e. The van der Waals surface area contributed by atoms with Crippen LogP contribution in [0.3, 0.4) is 0 Å². The highest BCUT2D eigenvalue weighted by molar-refractivity contribution is 6.37. The number of nitrogen functional groups attached to an aromatic ring is 1. The Labute approximate surface area is 128 Å². The van der Waals surface area contributed by atoms with Gasteiger partial charge in [-0.15, -0.1) is 0 Å². The Bertz CT molecular complexity index is 555. The van der Waals surface area contributed by atoms with Gasteiger partial charge in [-0.1, -0.05) is 41.4 Å². The molecule has 2 N–H and O–H groups in total.